The molecule has 1 aliphatic heterocycles. The van der Waals surface area contributed by atoms with Gasteiger partial charge in [0.2, 0.25) is 5.91 Å². The van der Waals surface area contributed by atoms with Gasteiger partial charge in [0, 0.05) is 40.2 Å². The van der Waals surface area contributed by atoms with E-state index in [9.17, 15) is 22.8 Å². The van der Waals surface area contributed by atoms with Gasteiger partial charge in [0.05, 0.1) is 5.56 Å². The Bertz CT molecular complexity index is 1010. The molecule has 0 radical (unpaired) electrons. The zero-order valence-electron chi connectivity index (χ0n) is 15.3. The summed E-state index contributed by atoms with van der Waals surface area (Å²) in [4.78, 5) is 27.3. The van der Waals surface area contributed by atoms with Crippen molar-refractivity contribution in [3.63, 3.8) is 0 Å². The average Bonchev–Trinajstić information content (AvgIpc) is 2.67. The van der Waals surface area contributed by atoms with Crippen LogP contribution >= 0.6 is 15.9 Å². The molecule has 150 valence electrons. The Balaban J connectivity index is 1.82. The highest BCUT2D eigenvalue weighted by Crippen LogP contribution is 2.45. The van der Waals surface area contributed by atoms with Crippen LogP contribution in [0.2, 0.25) is 0 Å². The van der Waals surface area contributed by atoms with Gasteiger partial charge < -0.3 is 0 Å². The Morgan fingerprint density at radius 2 is 1.66 bits per heavy atom. The van der Waals surface area contributed by atoms with Crippen molar-refractivity contribution >= 4 is 33.3 Å². The summed E-state index contributed by atoms with van der Waals surface area (Å²) in [5.41, 5.74) is 1.66. The van der Waals surface area contributed by atoms with Crippen molar-refractivity contribution in [3.05, 3.63) is 75.4 Å². The normalized spacial score (nSPS) is 20.1. The number of halogens is 4. The number of carbonyl (C=O) groups is 2. The zero-order chi connectivity index (χ0) is 20.8. The molecule has 1 heterocycles. The van der Waals surface area contributed by atoms with E-state index in [-0.39, 0.29) is 24.0 Å². The van der Waals surface area contributed by atoms with Gasteiger partial charge >= 0.3 is 6.18 Å². The second kappa shape index (κ2) is 7.44. The predicted octanol–water partition coefficient (Wildman–Crippen LogP) is 6.00. The quantitative estimate of drug-likeness (QED) is 0.547. The molecule has 4 rings (SSSR count). The Morgan fingerprint density at radius 1 is 0.966 bits per heavy atom. The third-order valence-corrected chi connectivity index (χ3v) is 6.13. The third kappa shape index (κ3) is 3.64. The van der Waals surface area contributed by atoms with E-state index < -0.39 is 11.7 Å². The van der Waals surface area contributed by atoms with E-state index in [0.29, 0.717) is 36.2 Å². The van der Waals surface area contributed by atoms with Crippen LogP contribution in [-0.4, -0.2) is 11.7 Å². The molecule has 29 heavy (non-hydrogen) atoms. The molecule has 1 unspecified atom stereocenters. The lowest BCUT2D eigenvalue weighted by Gasteiger charge is -2.38. The van der Waals surface area contributed by atoms with Crippen molar-refractivity contribution in [1.82, 2.24) is 0 Å². The van der Waals surface area contributed by atoms with Crippen molar-refractivity contribution in [3.8, 4) is 0 Å². The summed E-state index contributed by atoms with van der Waals surface area (Å²) in [5, 5.41) is 0. The van der Waals surface area contributed by atoms with E-state index in [1.54, 1.807) is 0 Å². The first kappa shape index (κ1) is 19.9. The van der Waals surface area contributed by atoms with Gasteiger partial charge in [-0.25, -0.2) is 0 Å². The van der Waals surface area contributed by atoms with Gasteiger partial charge in [-0.3, -0.25) is 14.5 Å². The standard InChI is InChI=1S/C22H17BrF3NO2/c23-17-5-2-1-4-15(17)16-12-20(29)27(18-6-3-7-19(28)21(16)18)14-10-8-13(9-11-14)22(24,25)26/h1-2,4-5,8-11,16H,3,6-7,12H2. The molecular formula is C22H17BrF3NO2. The minimum absolute atomic E-state index is 0.00332. The molecule has 0 fully saturated rings. The number of hydrogen-bond donors (Lipinski definition) is 0. The summed E-state index contributed by atoms with van der Waals surface area (Å²) in [5.74, 6) is -0.582. The fourth-order valence-electron chi connectivity index (χ4n) is 4.12. The third-order valence-electron chi connectivity index (χ3n) is 5.41. The summed E-state index contributed by atoms with van der Waals surface area (Å²) in [6.45, 7) is 0. The number of allylic oxidation sites excluding steroid dienone is 2. The minimum Gasteiger partial charge on any atom is -0.294 e. The number of alkyl halides is 3. The first-order valence-corrected chi connectivity index (χ1v) is 10.1. The van der Waals surface area contributed by atoms with Crippen LogP contribution in [0, 0.1) is 0 Å². The monoisotopic (exact) mass is 463 g/mol. The molecule has 2 aromatic carbocycles. The van der Waals surface area contributed by atoms with Gasteiger partial charge in [0.15, 0.2) is 5.78 Å². The topological polar surface area (TPSA) is 37.4 Å². The number of nitrogens with zero attached hydrogens (tertiary/aromatic N) is 1. The lowest BCUT2D eigenvalue weighted by Crippen LogP contribution is -2.40. The zero-order valence-corrected chi connectivity index (χ0v) is 16.9. The van der Waals surface area contributed by atoms with E-state index in [4.69, 9.17) is 0 Å². The first-order chi connectivity index (χ1) is 13.8. The number of carbonyl (C=O) groups excluding carboxylic acids is 2. The van der Waals surface area contributed by atoms with Gasteiger partial charge in [-0.1, -0.05) is 34.1 Å². The fourth-order valence-corrected chi connectivity index (χ4v) is 4.68. The highest BCUT2D eigenvalue weighted by atomic mass is 79.9. The molecule has 3 nitrogen and oxygen atoms in total. The van der Waals surface area contributed by atoms with Crippen LogP contribution in [0.15, 0.2) is 64.3 Å². The van der Waals surface area contributed by atoms with Crippen molar-refractivity contribution in [2.75, 3.05) is 4.90 Å². The molecule has 0 spiro atoms. The van der Waals surface area contributed by atoms with Gasteiger partial charge in [-0.2, -0.15) is 13.2 Å². The van der Waals surface area contributed by atoms with Gasteiger partial charge in [0.1, 0.15) is 0 Å². The molecule has 1 atom stereocenters. The van der Waals surface area contributed by atoms with Crippen molar-refractivity contribution < 1.29 is 22.8 Å². The van der Waals surface area contributed by atoms with E-state index in [1.165, 1.54) is 17.0 Å². The largest absolute Gasteiger partial charge is 0.416 e. The summed E-state index contributed by atoms with van der Waals surface area (Å²) in [6, 6.07) is 12.0. The maximum atomic E-state index is 13.1. The van der Waals surface area contributed by atoms with Crippen LogP contribution in [-0.2, 0) is 15.8 Å². The molecule has 2 aromatic rings. The molecule has 0 aromatic heterocycles. The summed E-state index contributed by atoms with van der Waals surface area (Å²) in [6.07, 6.45) is -2.79. The molecular weight excluding hydrogens is 447 g/mol. The fraction of sp³-hybridized carbons (Fsp3) is 0.273. The summed E-state index contributed by atoms with van der Waals surface area (Å²) >= 11 is 3.51. The maximum absolute atomic E-state index is 13.1. The molecule has 1 aliphatic carbocycles. The van der Waals surface area contributed by atoms with Crippen LogP contribution in [0.1, 0.15) is 42.7 Å². The maximum Gasteiger partial charge on any atom is 0.416 e. The van der Waals surface area contributed by atoms with Gasteiger partial charge in [-0.05, 0) is 48.7 Å². The summed E-state index contributed by atoms with van der Waals surface area (Å²) < 4.78 is 39.5. The molecule has 0 saturated carbocycles. The minimum atomic E-state index is -4.44. The van der Waals surface area contributed by atoms with Crippen LogP contribution in [0.25, 0.3) is 0 Å². The number of hydrogen-bond acceptors (Lipinski definition) is 2. The van der Waals surface area contributed by atoms with Crippen molar-refractivity contribution in [2.45, 2.75) is 37.8 Å². The van der Waals surface area contributed by atoms with Crippen LogP contribution < -0.4 is 4.90 Å². The highest BCUT2D eigenvalue weighted by Gasteiger charge is 2.40. The lowest BCUT2D eigenvalue weighted by molar-refractivity contribution is -0.137. The number of rotatable bonds is 2. The number of amides is 1. The van der Waals surface area contributed by atoms with Crippen LogP contribution in [0.5, 0.6) is 0 Å². The first-order valence-electron chi connectivity index (χ1n) is 9.28. The smallest absolute Gasteiger partial charge is 0.294 e. The molecule has 1 amide bonds. The molecule has 0 N–H and O–H groups in total. The van der Waals surface area contributed by atoms with Crippen molar-refractivity contribution in [2.24, 2.45) is 0 Å². The molecule has 2 aliphatic rings. The Morgan fingerprint density at radius 3 is 2.31 bits per heavy atom. The van der Waals surface area contributed by atoms with E-state index in [2.05, 4.69) is 15.9 Å². The Kier molecular flexibility index (Phi) is 5.11. The van der Waals surface area contributed by atoms with E-state index in [1.807, 2.05) is 24.3 Å². The van der Waals surface area contributed by atoms with Crippen LogP contribution in [0.4, 0.5) is 18.9 Å². The number of ketones is 1. The number of Topliss-reactive ketones (excluding diaryl/α,β-unsaturated/α-hetero) is 1. The van der Waals surface area contributed by atoms with Crippen molar-refractivity contribution in [1.29, 1.82) is 0 Å². The Hall–Kier alpha value is -2.41. The average molecular weight is 464 g/mol. The molecule has 0 saturated heterocycles. The second-order valence-electron chi connectivity index (χ2n) is 7.19. The molecule has 7 heteroatoms. The lowest BCUT2D eigenvalue weighted by atomic mass is 9.77. The number of benzene rings is 2. The SMILES string of the molecule is O=C1CCCC2=C1C(c1ccccc1Br)CC(=O)N2c1ccc(C(F)(F)F)cc1. The predicted molar refractivity (Wildman–Crippen MR) is 106 cm³/mol. The second-order valence-corrected chi connectivity index (χ2v) is 8.04. The highest BCUT2D eigenvalue weighted by molar-refractivity contribution is 9.10. The van der Waals surface area contributed by atoms with E-state index in [0.717, 1.165) is 22.2 Å². The Labute approximate surface area is 174 Å². The van der Waals surface area contributed by atoms with E-state index >= 15 is 0 Å². The van der Waals surface area contributed by atoms with Gasteiger partial charge in [-0.15, -0.1) is 0 Å². The van der Waals surface area contributed by atoms with Gasteiger partial charge in [0.25, 0.3) is 0 Å². The summed E-state index contributed by atoms with van der Waals surface area (Å²) in [7, 11) is 0. The molecule has 0 bridgehead atoms. The number of anilines is 1. The van der Waals surface area contributed by atoms with Crippen LogP contribution in [0.3, 0.4) is 0 Å².